The van der Waals surface area contributed by atoms with Crippen LogP contribution in [0, 0.1) is 11.7 Å². The maximum absolute atomic E-state index is 13.5. The minimum absolute atomic E-state index is 0.00635. The Morgan fingerprint density at radius 2 is 1.64 bits per heavy atom. The van der Waals surface area contributed by atoms with E-state index in [2.05, 4.69) is 5.32 Å². The standard InChI is InChI=1S/C29H29FN2O4/c30-22-10-12-23(13-11-22)31-28(21-6-2-1-3-7-21)29(35)36-27-19-32(16-14-20(27)15-17-32)18-26(34)24-8-4-5-9-25(24)33/h1-13,20,27-28,31H,14-19H2/p+1/t20?,27-,28+,32?/m0/s1. The summed E-state index contributed by atoms with van der Waals surface area (Å²) >= 11 is 0. The Bertz CT molecular complexity index is 1220. The Morgan fingerprint density at radius 3 is 2.33 bits per heavy atom. The van der Waals surface area contributed by atoms with Crippen LogP contribution in [0.25, 0.3) is 0 Å². The highest BCUT2D eigenvalue weighted by molar-refractivity contribution is 5.99. The van der Waals surface area contributed by atoms with Crippen LogP contribution in [0.3, 0.4) is 0 Å². The van der Waals surface area contributed by atoms with E-state index in [0.29, 0.717) is 22.3 Å². The van der Waals surface area contributed by atoms with E-state index in [0.717, 1.165) is 31.5 Å². The fourth-order valence-electron chi connectivity index (χ4n) is 5.53. The maximum Gasteiger partial charge on any atom is 0.333 e. The number of carbonyl (C=O) groups excluding carboxylic acids is 2. The van der Waals surface area contributed by atoms with Crippen LogP contribution in [0.15, 0.2) is 78.9 Å². The minimum Gasteiger partial charge on any atom is -0.507 e. The summed E-state index contributed by atoms with van der Waals surface area (Å²) < 4.78 is 20.1. The molecule has 2 bridgehead atoms. The minimum atomic E-state index is -0.747. The number of Topliss-reactive ketones (excluding diaryl/α,β-unsaturated/α-hetero) is 1. The summed E-state index contributed by atoms with van der Waals surface area (Å²) in [6.45, 7) is 2.56. The molecule has 3 aliphatic heterocycles. The third-order valence-electron chi connectivity index (χ3n) is 7.52. The number of quaternary nitrogens is 1. The van der Waals surface area contributed by atoms with E-state index >= 15 is 0 Å². The van der Waals surface area contributed by atoms with Gasteiger partial charge in [0.2, 0.25) is 5.78 Å². The second kappa shape index (κ2) is 10.1. The Hall–Kier alpha value is -3.71. The van der Waals surface area contributed by atoms with Crippen LogP contribution in [0.1, 0.15) is 34.8 Å². The van der Waals surface area contributed by atoms with Gasteiger partial charge in [-0.1, -0.05) is 42.5 Å². The smallest absolute Gasteiger partial charge is 0.333 e. The van der Waals surface area contributed by atoms with Crippen molar-refractivity contribution < 1.29 is 28.3 Å². The first-order valence-electron chi connectivity index (χ1n) is 12.4. The zero-order chi connectivity index (χ0) is 25.1. The van der Waals surface area contributed by atoms with E-state index in [9.17, 15) is 19.1 Å². The number of rotatable bonds is 8. The number of hydrogen-bond acceptors (Lipinski definition) is 5. The summed E-state index contributed by atoms with van der Waals surface area (Å²) in [7, 11) is 0. The maximum atomic E-state index is 13.5. The number of ether oxygens (including phenoxy) is 1. The van der Waals surface area contributed by atoms with E-state index in [-0.39, 0.29) is 35.9 Å². The van der Waals surface area contributed by atoms with Crippen molar-refractivity contribution in [2.45, 2.75) is 25.0 Å². The van der Waals surface area contributed by atoms with Crippen LogP contribution in [-0.4, -0.2) is 53.6 Å². The third kappa shape index (κ3) is 5.11. The normalized spacial score (nSPS) is 23.6. The monoisotopic (exact) mass is 489 g/mol. The van der Waals surface area contributed by atoms with E-state index in [4.69, 9.17) is 4.74 Å². The van der Waals surface area contributed by atoms with Gasteiger partial charge in [-0.15, -0.1) is 0 Å². The van der Waals surface area contributed by atoms with Crippen molar-refractivity contribution in [2.75, 3.05) is 31.5 Å². The van der Waals surface area contributed by atoms with Gasteiger partial charge in [-0.25, -0.2) is 9.18 Å². The third-order valence-corrected chi connectivity index (χ3v) is 7.52. The number of piperidine rings is 3. The van der Waals surface area contributed by atoms with Gasteiger partial charge in [0.1, 0.15) is 24.7 Å². The van der Waals surface area contributed by atoms with Gasteiger partial charge in [0.05, 0.1) is 18.7 Å². The summed E-state index contributed by atoms with van der Waals surface area (Å²) in [6, 6.07) is 21.1. The summed E-state index contributed by atoms with van der Waals surface area (Å²) in [5.41, 5.74) is 1.71. The van der Waals surface area contributed by atoms with Gasteiger partial charge in [-0.3, -0.25) is 4.79 Å². The molecule has 186 valence electrons. The molecule has 3 aromatic carbocycles. The first kappa shape index (κ1) is 24.0. The summed E-state index contributed by atoms with van der Waals surface area (Å²) in [5.74, 6) is -0.586. The van der Waals surface area contributed by atoms with Crippen molar-refractivity contribution in [1.82, 2.24) is 0 Å². The van der Waals surface area contributed by atoms with Gasteiger partial charge in [0, 0.05) is 24.4 Å². The lowest BCUT2D eigenvalue weighted by molar-refractivity contribution is -0.938. The first-order chi connectivity index (χ1) is 17.4. The Kier molecular flexibility index (Phi) is 6.74. The van der Waals surface area contributed by atoms with Gasteiger partial charge < -0.3 is 19.6 Å². The van der Waals surface area contributed by atoms with E-state index in [1.54, 1.807) is 30.3 Å². The quantitative estimate of drug-likeness (QED) is 0.272. The number of para-hydroxylation sites is 1. The van der Waals surface area contributed by atoms with Gasteiger partial charge in [0.15, 0.2) is 12.1 Å². The van der Waals surface area contributed by atoms with Crippen LogP contribution in [-0.2, 0) is 9.53 Å². The lowest BCUT2D eigenvalue weighted by Gasteiger charge is -2.51. The average molecular weight is 490 g/mol. The molecule has 0 unspecified atom stereocenters. The van der Waals surface area contributed by atoms with Gasteiger partial charge in [-0.2, -0.15) is 0 Å². The molecule has 0 saturated carbocycles. The lowest BCUT2D eigenvalue weighted by Crippen LogP contribution is -2.65. The summed E-state index contributed by atoms with van der Waals surface area (Å²) in [6.07, 6.45) is 1.47. The molecule has 0 radical (unpaired) electrons. The highest BCUT2D eigenvalue weighted by atomic mass is 19.1. The molecular formula is C29H30FN2O4+. The largest absolute Gasteiger partial charge is 0.507 e. The van der Waals surface area contributed by atoms with Crippen molar-refractivity contribution in [2.24, 2.45) is 5.92 Å². The van der Waals surface area contributed by atoms with Crippen molar-refractivity contribution in [3.63, 3.8) is 0 Å². The van der Waals surface area contributed by atoms with E-state index < -0.39 is 12.0 Å². The molecule has 3 saturated heterocycles. The predicted molar refractivity (Wildman–Crippen MR) is 134 cm³/mol. The number of benzene rings is 3. The number of anilines is 1. The molecule has 0 spiro atoms. The zero-order valence-electron chi connectivity index (χ0n) is 20.0. The number of aromatic hydroxyl groups is 1. The van der Waals surface area contributed by atoms with Crippen LogP contribution >= 0.6 is 0 Å². The molecule has 3 aromatic rings. The number of carbonyl (C=O) groups is 2. The van der Waals surface area contributed by atoms with Gasteiger partial charge >= 0.3 is 5.97 Å². The molecule has 2 atom stereocenters. The molecule has 7 heteroatoms. The highest BCUT2D eigenvalue weighted by Gasteiger charge is 2.49. The highest BCUT2D eigenvalue weighted by Crippen LogP contribution is 2.37. The molecule has 2 N–H and O–H groups in total. The fraction of sp³-hybridized carbons (Fsp3) is 0.310. The topological polar surface area (TPSA) is 75.6 Å². The van der Waals surface area contributed by atoms with Crippen molar-refractivity contribution in [3.05, 3.63) is 95.8 Å². The molecule has 6 rings (SSSR count). The number of fused-ring (bicyclic) bond motifs is 3. The fourth-order valence-corrected chi connectivity index (χ4v) is 5.53. The van der Waals surface area contributed by atoms with Crippen LogP contribution in [0.4, 0.5) is 10.1 Å². The van der Waals surface area contributed by atoms with Crippen LogP contribution in [0.5, 0.6) is 5.75 Å². The SMILES string of the molecule is O=C(C[N+]12CCC(CC1)[C@@H](OC(=O)[C@H](Nc1ccc(F)cc1)c1ccccc1)C2)c1ccccc1O. The molecule has 0 aromatic heterocycles. The average Bonchev–Trinajstić information content (AvgIpc) is 2.89. The number of nitrogens with one attached hydrogen (secondary N) is 1. The molecule has 6 nitrogen and oxygen atoms in total. The number of nitrogens with zero attached hydrogens (tertiary/aromatic N) is 1. The van der Waals surface area contributed by atoms with Gasteiger partial charge in [0.25, 0.3) is 0 Å². The Labute approximate surface area is 209 Å². The molecular weight excluding hydrogens is 459 g/mol. The van der Waals surface area contributed by atoms with Gasteiger partial charge in [-0.05, 0) is 42.0 Å². The first-order valence-corrected chi connectivity index (χ1v) is 12.4. The molecule has 3 heterocycles. The zero-order valence-corrected chi connectivity index (χ0v) is 20.0. The predicted octanol–water partition coefficient (Wildman–Crippen LogP) is 4.72. The molecule has 36 heavy (non-hydrogen) atoms. The van der Waals surface area contributed by atoms with Crippen molar-refractivity contribution >= 4 is 17.4 Å². The Morgan fingerprint density at radius 1 is 0.972 bits per heavy atom. The molecule has 0 amide bonds. The number of hydrogen-bond donors (Lipinski definition) is 2. The summed E-state index contributed by atoms with van der Waals surface area (Å²) in [4.78, 5) is 26.5. The molecule has 0 aliphatic carbocycles. The van der Waals surface area contributed by atoms with E-state index in [1.165, 1.54) is 18.2 Å². The number of esters is 1. The number of phenols is 1. The summed E-state index contributed by atoms with van der Waals surface area (Å²) in [5, 5.41) is 13.3. The molecule has 3 fully saturated rings. The van der Waals surface area contributed by atoms with E-state index in [1.807, 2.05) is 30.3 Å². The lowest BCUT2D eigenvalue weighted by atomic mass is 9.82. The molecule has 3 aliphatic rings. The second-order valence-electron chi connectivity index (χ2n) is 9.88. The van der Waals surface area contributed by atoms with Crippen molar-refractivity contribution in [1.29, 1.82) is 0 Å². The van der Waals surface area contributed by atoms with Crippen LogP contribution in [0.2, 0.25) is 0 Å². The number of ketones is 1. The van der Waals surface area contributed by atoms with Crippen molar-refractivity contribution in [3.8, 4) is 5.75 Å². The van der Waals surface area contributed by atoms with Crippen LogP contribution < -0.4 is 5.32 Å². The number of phenolic OH excluding ortho intramolecular Hbond substituents is 1. The Balaban J connectivity index is 1.32. The second-order valence-corrected chi connectivity index (χ2v) is 9.88. The number of halogens is 1.